The minimum absolute atomic E-state index is 0.150. The summed E-state index contributed by atoms with van der Waals surface area (Å²) in [6.07, 6.45) is -5.76. The molecule has 1 heterocycles. The SMILES string of the molecule is O=C(Nc1ccccc1C(F)(F)F)c1cc(OP(=O)(O)CNS(=O)(=O)c2cc3c(Cl)ccc(Cl)c3s2)ccc1Br. The van der Waals surface area contributed by atoms with Crippen molar-refractivity contribution >= 4 is 89.8 Å². The molecule has 212 valence electrons. The van der Waals surface area contributed by atoms with Crippen LogP contribution in [0, 0.1) is 0 Å². The highest BCUT2D eigenvalue weighted by molar-refractivity contribution is 9.10. The molecule has 0 radical (unpaired) electrons. The van der Waals surface area contributed by atoms with Crippen molar-refractivity contribution in [3.63, 3.8) is 0 Å². The number of sulfonamides is 1. The number of fused-ring (bicyclic) bond motifs is 1. The Morgan fingerprint density at radius 1 is 1.07 bits per heavy atom. The number of halogens is 6. The number of para-hydroxylation sites is 1. The first-order chi connectivity index (χ1) is 18.6. The lowest BCUT2D eigenvalue weighted by Gasteiger charge is -2.16. The zero-order chi connectivity index (χ0) is 29.5. The lowest BCUT2D eigenvalue weighted by atomic mass is 10.1. The topological polar surface area (TPSA) is 122 Å². The fraction of sp³-hybridized carbons (Fsp3) is 0.0870. The summed E-state index contributed by atoms with van der Waals surface area (Å²) in [5.74, 6) is -1.28. The van der Waals surface area contributed by atoms with E-state index in [-0.39, 0.29) is 30.0 Å². The normalized spacial score (nSPS) is 13.7. The average Bonchev–Trinajstić information content (AvgIpc) is 3.34. The van der Waals surface area contributed by atoms with Crippen LogP contribution >= 0.6 is 58.1 Å². The van der Waals surface area contributed by atoms with Gasteiger partial charge in [0.1, 0.15) is 16.2 Å². The van der Waals surface area contributed by atoms with Crippen LogP contribution in [-0.2, 0) is 20.8 Å². The first kappa shape index (κ1) is 30.8. The second-order valence-corrected chi connectivity index (χ2v) is 14.5. The molecule has 0 aliphatic carbocycles. The van der Waals surface area contributed by atoms with Crippen LogP contribution in [0.2, 0.25) is 10.0 Å². The maximum atomic E-state index is 13.3. The molecule has 1 amide bonds. The predicted molar refractivity (Wildman–Crippen MR) is 151 cm³/mol. The highest BCUT2D eigenvalue weighted by atomic mass is 79.9. The summed E-state index contributed by atoms with van der Waals surface area (Å²) in [7, 11) is -8.96. The molecule has 1 atom stereocenters. The number of anilines is 1. The second kappa shape index (κ2) is 11.6. The van der Waals surface area contributed by atoms with E-state index in [9.17, 15) is 35.8 Å². The van der Waals surface area contributed by atoms with Crippen LogP contribution < -0.4 is 14.6 Å². The summed E-state index contributed by atoms with van der Waals surface area (Å²) in [5.41, 5.74) is -1.78. The van der Waals surface area contributed by atoms with Gasteiger partial charge in [-0.2, -0.15) is 17.9 Å². The highest BCUT2D eigenvalue weighted by Gasteiger charge is 2.34. The summed E-state index contributed by atoms with van der Waals surface area (Å²) in [5, 5.41) is 3.10. The number of thiophene rings is 1. The molecule has 8 nitrogen and oxygen atoms in total. The molecule has 0 spiro atoms. The van der Waals surface area contributed by atoms with Gasteiger partial charge in [-0.15, -0.1) is 11.3 Å². The zero-order valence-electron chi connectivity index (χ0n) is 19.5. The van der Waals surface area contributed by atoms with Crippen LogP contribution in [-0.4, -0.2) is 25.5 Å². The zero-order valence-corrected chi connectivity index (χ0v) is 25.1. The Balaban J connectivity index is 1.50. The molecule has 1 unspecified atom stereocenters. The van der Waals surface area contributed by atoms with Gasteiger partial charge in [0.15, 0.2) is 0 Å². The van der Waals surface area contributed by atoms with Crippen molar-refractivity contribution in [1.82, 2.24) is 4.72 Å². The van der Waals surface area contributed by atoms with Crippen LogP contribution in [0.5, 0.6) is 5.75 Å². The number of hydrogen-bond acceptors (Lipinski definition) is 6. The van der Waals surface area contributed by atoms with Gasteiger partial charge in [-0.05, 0) is 64.5 Å². The van der Waals surface area contributed by atoms with E-state index in [2.05, 4.69) is 21.2 Å². The third-order valence-corrected chi connectivity index (χ3v) is 10.9. The van der Waals surface area contributed by atoms with Crippen LogP contribution in [0.25, 0.3) is 10.1 Å². The van der Waals surface area contributed by atoms with Gasteiger partial charge in [-0.25, -0.2) is 13.0 Å². The molecule has 0 aliphatic heterocycles. The third kappa shape index (κ3) is 7.00. The molecule has 0 bridgehead atoms. The van der Waals surface area contributed by atoms with E-state index < -0.39 is 47.2 Å². The van der Waals surface area contributed by atoms with Crippen LogP contribution in [0.15, 0.2) is 69.3 Å². The highest BCUT2D eigenvalue weighted by Crippen LogP contribution is 2.44. The van der Waals surface area contributed by atoms with E-state index in [0.717, 1.165) is 29.5 Å². The molecule has 0 saturated heterocycles. The lowest BCUT2D eigenvalue weighted by Crippen LogP contribution is -2.25. The predicted octanol–water partition coefficient (Wildman–Crippen LogP) is 7.74. The molecule has 4 rings (SSSR count). The van der Waals surface area contributed by atoms with E-state index in [1.807, 2.05) is 4.72 Å². The quantitative estimate of drug-likeness (QED) is 0.160. The Kier molecular flexibility index (Phi) is 8.94. The molecule has 1 aromatic heterocycles. The molecule has 4 aromatic rings. The Morgan fingerprint density at radius 3 is 2.42 bits per heavy atom. The molecule has 0 fully saturated rings. The van der Waals surface area contributed by atoms with Gasteiger partial charge in [0.25, 0.3) is 15.9 Å². The number of amides is 1. The number of rotatable bonds is 8. The van der Waals surface area contributed by atoms with Crippen molar-refractivity contribution in [3.05, 3.63) is 86.3 Å². The molecule has 17 heteroatoms. The summed E-state index contributed by atoms with van der Waals surface area (Å²) in [6, 6.07) is 12.1. The van der Waals surface area contributed by atoms with Crippen molar-refractivity contribution < 1.29 is 40.4 Å². The van der Waals surface area contributed by atoms with Gasteiger partial charge in [0.2, 0.25) is 0 Å². The Bertz CT molecular complexity index is 1750. The molecule has 40 heavy (non-hydrogen) atoms. The number of carbonyl (C=O) groups excluding carboxylic acids is 1. The van der Waals surface area contributed by atoms with E-state index >= 15 is 0 Å². The number of nitrogens with one attached hydrogen (secondary N) is 2. The Labute approximate surface area is 247 Å². The van der Waals surface area contributed by atoms with E-state index in [4.69, 9.17) is 27.7 Å². The maximum absolute atomic E-state index is 13.3. The minimum Gasteiger partial charge on any atom is -0.424 e. The van der Waals surface area contributed by atoms with Crippen molar-refractivity contribution in [2.75, 3.05) is 11.6 Å². The summed E-state index contributed by atoms with van der Waals surface area (Å²) >= 11 is 16.1. The first-order valence-electron chi connectivity index (χ1n) is 10.7. The summed E-state index contributed by atoms with van der Waals surface area (Å²) < 4.78 is 85.5. The lowest BCUT2D eigenvalue weighted by molar-refractivity contribution is -0.136. The number of hydrogen-bond donors (Lipinski definition) is 3. The molecule has 0 saturated carbocycles. The van der Waals surface area contributed by atoms with Crippen molar-refractivity contribution in [3.8, 4) is 5.75 Å². The molecular formula is C23H15BrCl2F3N2O6PS2. The van der Waals surface area contributed by atoms with E-state index in [1.54, 1.807) is 0 Å². The number of benzene rings is 3. The van der Waals surface area contributed by atoms with E-state index in [1.165, 1.54) is 42.5 Å². The largest absolute Gasteiger partial charge is 0.424 e. The monoisotopic (exact) mass is 716 g/mol. The van der Waals surface area contributed by atoms with Crippen molar-refractivity contribution in [1.29, 1.82) is 0 Å². The molecule has 3 N–H and O–H groups in total. The third-order valence-electron chi connectivity index (χ3n) is 5.19. The Morgan fingerprint density at radius 2 is 1.75 bits per heavy atom. The van der Waals surface area contributed by atoms with Crippen molar-refractivity contribution in [2.24, 2.45) is 0 Å². The fourth-order valence-corrected chi connectivity index (χ4v) is 8.28. The number of alkyl halides is 3. The van der Waals surface area contributed by atoms with Crippen LogP contribution in [0.4, 0.5) is 18.9 Å². The standard InChI is InChI=1S/C23H15BrCl2F3N2O6PS2/c24-16-6-5-12(9-13(16)22(32)31-19-4-2-1-3-15(19)23(27,28)29)37-38(33,34)11-30-40(35,36)20-10-14-17(25)7-8-18(26)21(14)39-20/h1-10,30H,11H2,(H,31,32)(H,33,34). The maximum Gasteiger partial charge on any atom is 0.418 e. The molecule has 0 aliphatic rings. The van der Waals surface area contributed by atoms with Gasteiger partial charge >= 0.3 is 13.8 Å². The van der Waals surface area contributed by atoms with Gasteiger partial charge in [-0.1, -0.05) is 35.3 Å². The van der Waals surface area contributed by atoms with Gasteiger partial charge in [-0.3, -0.25) is 4.79 Å². The summed E-state index contributed by atoms with van der Waals surface area (Å²) in [4.78, 5) is 23.1. The Hall–Kier alpha value is -2.16. The smallest absolute Gasteiger partial charge is 0.418 e. The van der Waals surface area contributed by atoms with Crippen molar-refractivity contribution in [2.45, 2.75) is 10.4 Å². The second-order valence-electron chi connectivity index (χ2n) is 8.01. The molecular weight excluding hydrogens is 703 g/mol. The van der Waals surface area contributed by atoms with Gasteiger partial charge in [0.05, 0.1) is 26.5 Å². The van der Waals surface area contributed by atoms with Crippen LogP contribution in [0.3, 0.4) is 0 Å². The molecule has 3 aromatic carbocycles. The summed E-state index contributed by atoms with van der Waals surface area (Å²) in [6.45, 7) is 0. The van der Waals surface area contributed by atoms with E-state index in [0.29, 0.717) is 10.1 Å². The fourth-order valence-electron chi connectivity index (χ4n) is 3.37. The average molecular weight is 718 g/mol. The number of carbonyl (C=O) groups is 1. The first-order valence-corrected chi connectivity index (χ1v) is 16.3. The van der Waals surface area contributed by atoms with Crippen LogP contribution in [0.1, 0.15) is 15.9 Å². The minimum atomic E-state index is -4.72. The van der Waals surface area contributed by atoms with Gasteiger partial charge in [0, 0.05) is 14.9 Å². The van der Waals surface area contributed by atoms with Gasteiger partial charge < -0.3 is 14.7 Å².